The van der Waals surface area contributed by atoms with Crippen molar-refractivity contribution in [2.75, 3.05) is 13.1 Å². The predicted octanol–water partition coefficient (Wildman–Crippen LogP) is 0.320. The first kappa shape index (κ1) is 18.8. The summed E-state index contributed by atoms with van der Waals surface area (Å²) in [5, 5.41) is 9.05. The minimum atomic E-state index is -0.925. The molecular formula is C20H24N4O4. The average Bonchev–Trinajstić information content (AvgIpc) is 3.27. The maximum absolute atomic E-state index is 12.8. The molecule has 0 aromatic heterocycles. The zero-order valence-corrected chi connectivity index (χ0v) is 15.6. The molecule has 148 valence electrons. The highest BCUT2D eigenvalue weighted by Crippen LogP contribution is 2.28. The van der Waals surface area contributed by atoms with Crippen molar-refractivity contribution < 1.29 is 19.2 Å². The van der Waals surface area contributed by atoms with E-state index in [0.29, 0.717) is 23.7 Å². The Hall–Kier alpha value is -2.58. The van der Waals surface area contributed by atoms with Gasteiger partial charge in [0.05, 0.1) is 11.1 Å². The molecule has 3 aliphatic heterocycles. The molecule has 1 aromatic carbocycles. The van der Waals surface area contributed by atoms with E-state index in [9.17, 15) is 19.2 Å². The van der Waals surface area contributed by atoms with Crippen LogP contribution in [0.15, 0.2) is 18.2 Å². The van der Waals surface area contributed by atoms with Gasteiger partial charge in [-0.05, 0) is 56.5 Å². The Balaban J connectivity index is 1.40. The van der Waals surface area contributed by atoms with E-state index in [1.54, 1.807) is 12.1 Å². The fourth-order valence-electron chi connectivity index (χ4n) is 4.14. The number of piperidine rings is 1. The molecule has 0 saturated carbocycles. The number of nitrogens with zero attached hydrogens (tertiary/aromatic N) is 1. The lowest BCUT2D eigenvalue weighted by molar-refractivity contribution is -0.136. The van der Waals surface area contributed by atoms with E-state index in [2.05, 4.69) is 16.0 Å². The zero-order chi connectivity index (χ0) is 19.7. The minimum Gasteiger partial charge on any atom is -0.314 e. The molecule has 3 aliphatic rings. The molecule has 8 heteroatoms. The van der Waals surface area contributed by atoms with Crippen LogP contribution in [-0.4, -0.2) is 53.7 Å². The van der Waals surface area contributed by atoms with Crippen LogP contribution < -0.4 is 16.0 Å². The maximum atomic E-state index is 12.8. The summed E-state index contributed by atoms with van der Waals surface area (Å²) in [5.74, 6) is -1.90. The lowest BCUT2D eigenvalue weighted by atomic mass is 10.0. The summed E-state index contributed by atoms with van der Waals surface area (Å²) in [4.78, 5) is 49.9. The van der Waals surface area contributed by atoms with E-state index >= 15 is 0 Å². The lowest BCUT2D eigenvalue weighted by Gasteiger charge is -2.27. The van der Waals surface area contributed by atoms with E-state index < -0.39 is 23.8 Å². The molecule has 1 unspecified atom stereocenters. The van der Waals surface area contributed by atoms with Crippen LogP contribution >= 0.6 is 0 Å². The molecule has 3 N–H and O–H groups in total. The number of carbonyl (C=O) groups excluding carboxylic acids is 4. The third-order valence-electron chi connectivity index (χ3n) is 5.67. The maximum Gasteiger partial charge on any atom is 0.262 e. The van der Waals surface area contributed by atoms with E-state index in [1.807, 2.05) is 6.07 Å². The summed E-state index contributed by atoms with van der Waals surface area (Å²) < 4.78 is 0. The van der Waals surface area contributed by atoms with E-state index in [1.165, 1.54) is 12.8 Å². The highest BCUT2D eigenvalue weighted by Gasteiger charge is 2.44. The molecule has 2 fully saturated rings. The standard InChI is InChI=1S/C20H24N4O4/c25-17-6-5-16(18(26)23-17)24-19(27)14-4-3-12(10-15(14)20(24)28)11-21-9-7-13-2-1-8-22-13/h3-4,10,13,16,21-22H,1-2,5-9,11H2,(H,23,25,26)/t13-,16?/m0/s1. The summed E-state index contributed by atoms with van der Waals surface area (Å²) in [5.41, 5.74) is 1.56. The number of amides is 4. The molecule has 0 spiro atoms. The third-order valence-corrected chi connectivity index (χ3v) is 5.67. The molecule has 0 radical (unpaired) electrons. The van der Waals surface area contributed by atoms with E-state index in [4.69, 9.17) is 0 Å². The first-order valence-electron chi connectivity index (χ1n) is 9.83. The lowest BCUT2D eigenvalue weighted by Crippen LogP contribution is -2.54. The van der Waals surface area contributed by atoms with Gasteiger partial charge >= 0.3 is 0 Å². The van der Waals surface area contributed by atoms with Crippen molar-refractivity contribution in [3.8, 4) is 0 Å². The zero-order valence-electron chi connectivity index (χ0n) is 15.6. The van der Waals surface area contributed by atoms with Gasteiger partial charge < -0.3 is 10.6 Å². The van der Waals surface area contributed by atoms with Crippen molar-refractivity contribution >= 4 is 23.6 Å². The third kappa shape index (κ3) is 3.57. The second-order valence-electron chi connectivity index (χ2n) is 7.59. The molecule has 1 aromatic rings. The highest BCUT2D eigenvalue weighted by atomic mass is 16.2. The monoisotopic (exact) mass is 384 g/mol. The van der Waals surface area contributed by atoms with Crippen LogP contribution in [0.25, 0.3) is 0 Å². The Labute approximate surface area is 163 Å². The molecule has 4 rings (SSSR count). The quantitative estimate of drug-likeness (QED) is 0.482. The number of imide groups is 2. The Morgan fingerprint density at radius 3 is 2.64 bits per heavy atom. The minimum absolute atomic E-state index is 0.120. The van der Waals surface area contributed by atoms with Gasteiger partial charge in [0, 0.05) is 19.0 Å². The van der Waals surface area contributed by atoms with Crippen LogP contribution in [0.3, 0.4) is 0 Å². The normalized spacial score (nSPS) is 24.6. The molecule has 28 heavy (non-hydrogen) atoms. The Morgan fingerprint density at radius 2 is 1.89 bits per heavy atom. The van der Waals surface area contributed by atoms with Crippen LogP contribution in [-0.2, 0) is 16.1 Å². The number of carbonyl (C=O) groups is 4. The van der Waals surface area contributed by atoms with Gasteiger partial charge in [0.25, 0.3) is 11.8 Å². The van der Waals surface area contributed by atoms with Gasteiger partial charge in [0.1, 0.15) is 6.04 Å². The van der Waals surface area contributed by atoms with Crippen LogP contribution in [0.2, 0.25) is 0 Å². The van der Waals surface area contributed by atoms with Crippen LogP contribution in [0.4, 0.5) is 0 Å². The Bertz CT molecular complexity index is 831. The van der Waals surface area contributed by atoms with E-state index in [0.717, 1.165) is 30.0 Å². The summed E-state index contributed by atoms with van der Waals surface area (Å²) in [6.45, 7) is 2.58. The number of nitrogens with one attached hydrogen (secondary N) is 3. The van der Waals surface area contributed by atoms with Gasteiger partial charge in [0.2, 0.25) is 11.8 Å². The molecule has 8 nitrogen and oxygen atoms in total. The largest absolute Gasteiger partial charge is 0.314 e. The van der Waals surface area contributed by atoms with Crippen molar-refractivity contribution in [2.24, 2.45) is 0 Å². The van der Waals surface area contributed by atoms with Gasteiger partial charge in [-0.3, -0.25) is 29.4 Å². The molecule has 0 bridgehead atoms. The van der Waals surface area contributed by atoms with Gasteiger partial charge in [0.15, 0.2) is 0 Å². The summed E-state index contributed by atoms with van der Waals surface area (Å²) in [6, 6.07) is 4.86. The van der Waals surface area contributed by atoms with Crippen molar-refractivity contribution in [1.29, 1.82) is 0 Å². The van der Waals surface area contributed by atoms with Crippen molar-refractivity contribution in [2.45, 2.75) is 50.7 Å². The smallest absolute Gasteiger partial charge is 0.262 e. The first-order valence-corrected chi connectivity index (χ1v) is 9.83. The van der Waals surface area contributed by atoms with E-state index in [-0.39, 0.29) is 18.7 Å². The Kier molecular flexibility index (Phi) is 5.23. The van der Waals surface area contributed by atoms with Crippen molar-refractivity contribution in [3.63, 3.8) is 0 Å². The van der Waals surface area contributed by atoms with Crippen LogP contribution in [0.1, 0.15) is 58.4 Å². The molecule has 2 saturated heterocycles. The van der Waals surface area contributed by atoms with Gasteiger partial charge in [-0.25, -0.2) is 0 Å². The van der Waals surface area contributed by atoms with Crippen LogP contribution in [0.5, 0.6) is 0 Å². The molecular weight excluding hydrogens is 360 g/mol. The fourth-order valence-corrected chi connectivity index (χ4v) is 4.14. The fraction of sp³-hybridized carbons (Fsp3) is 0.500. The molecule has 2 atom stereocenters. The summed E-state index contributed by atoms with van der Waals surface area (Å²) in [7, 11) is 0. The number of hydrogen-bond acceptors (Lipinski definition) is 6. The second-order valence-corrected chi connectivity index (χ2v) is 7.59. The number of benzene rings is 1. The average molecular weight is 384 g/mol. The molecule has 4 amide bonds. The van der Waals surface area contributed by atoms with Gasteiger partial charge in [-0.1, -0.05) is 6.07 Å². The van der Waals surface area contributed by atoms with Crippen molar-refractivity contribution in [3.05, 3.63) is 34.9 Å². The van der Waals surface area contributed by atoms with Crippen LogP contribution in [0, 0.1) is 0 Å². The number of fused-ring (bicyclic) bond motifs is 1. The molecule has 3 heterocycles. The number of rotatable bonds is 6. The second kappa shape index (κ2) is 7.81. The SMILES string of the molecule is O=C1CCC(N2C(=O)c3ccc(CNCC[C@@H]4CCCN4)cc3C2=O)C(=O)N1. The van der Waals surface area contributed by atoms with Gasteiger partial charge in [-0.2, -0.15) is 0 Å². The topological polar surface area (TPSA) is 108 Å². The van der Waals surface area contributed by atoms with Gasteiger partial charge in [-0.15, -0.1) is 0 Å². The summed E-state index contributed by atoms with van der Waals surface area (Å²) >= 11 is 0. The molecule has 0 aliphatic carbocycles. The highest BCUT2D eigenvalue weighted by molar-refractivity contribution is 6.23. The summed E-state index contributed by atoms with van der Waals surface area (Å²) in [6.07, 6.45) is 3.79. The number of hydrogen-bond donors (Lipinski definition) is 3. The Morgan fingerprint density at radius 1 is 1.07 bits per heavy atom. The van der Waals surface area contributed by atoms with Crippen molar-refractivity contribution in [1.82, 2.24) is 20.9 Å². The predicted molar refractivity (Wildman–Crippen MR) is 100 cm³/mol. The first-order chi connectivity index (χ1) is 13.5.